The van der Waals surface area contributed by atoms with Crippen LogP contribution in [0.3, 0.4) is 0 Å². The minimum absolute atomic E-state index is 0.0854. The Labute approximate surface area is 113 Å². The quantitative estimate of drug-likeness (QED) is 0.808. The summed E-state index contributed by atoms with van der Waals surface area (Å²) in [5.74, 6) is 5.60. The second-order valence-corrected chi connectivity index (χ2v) is 5.08. The molecule has 0 bridgehead atoms. The molecule has 0 fully saturated rings. The van der Waals surface area contributed by atoms with Crippen molar-refractivity contribution in [2.24, 2.45) is 5.73 Å². The third-order valence-electron chi connectivity index (χ3n) is 2.45. The van der Waals surface area contributed by atoms with Crippen LogP contribution in [0.15, 0.2) is 24.3 Å². The topological polar surface area (TPSA) is 55.1 Å². The van der Waals surface area contributed by atoms with Gasteiger partial charge in [0.05, 0.1) is 12.1 Å². The molecular formula is C14H18N2OS. The molecular weight excluding hydrogens is 244 g/mol. The standard InChI is InChI=1S/C14H18N2OS/c1-11(18-2)10-16-14(17)13-8-4-3-6-12(13)7-5-9-15/h3-4,6,8,11H,9-10,15H2,1-2H3,(H,16,17). The number of carbonyl (C=O) groups excluding carboxylic acids is 1. The second kappa shape index (κ2) is 7.80. The molecule has 4 heteroatoms. The van der Waals surface area contributed by atoms with Gasteiger partial charge in [0.2, 0.25) is 0 Å². The van der Waals surface area contributed by atoms with E-state index in [-0.39, 0.29) is 5.91 Å². The summed E-state index contributed by atoms with van der Waals surface area (Å²) >= 11 is 1.72. The van der Waals surface area contributed by atoms with E-state index in [1.807, 2.05) is 24.5 Å². The van der Waals surface area contributed by atoms with Gasteiger partial charge in [0.15, 0.2) is 0 Å². The predicted octanol–water partition coefficient (Wildman–Crippen LogP) is 1.48. The molecule has 0 aliphatic carbocycles. The fraction of sp³-hybridized carbons (Fsp3) is 0.357. The Kier molecular flexibility index (Phi) is 6.34. The minimum atomic E-state index is -0.0854. The van der Waals surface area contributed by atoms with E-state index < -0.39 is 0 Å². The Morgan fingerprint density at radius 3 is 2.89 bits per heavy atom. The first-order valence-electron chi connectivity index (χ1n) is 5.78. The van der Waals surface area contributed by atoms with Crippen LogP contribution in [0.4, 0.5) is 0 Å². The number of benzene rings is 1. The SMILES string of the molecule is CSC(C)CNC(=O)c1ccccc1C#CCN. The van der Waals surface area contributed by atoms with Gasteiger partial charge in [0.25, 0.3) is 5.91 Å². The molecule has 0 spiro atoms. The molecule has 3 nitrogen and oxygen atoms in total. The van der Waals surface area contributed by atoms with Crippen LogP contribution in [-0.4, -0.2) is 30.5 Å². The van der Waals surface area contributed by atoms with E-state index >= 15 is 0 Å². The maximum absolute atomic E-state index is 12.0. The van der Waals surface area contributed by atoms with Crippen molar-refractivity contribution >= 4 is 17.7 Å². The van der Waals surface area contributed by atoms with Crippen molar-refractivity contribution in [3.8, 4) is 11.8 Å². The Morgan fingerprint density at radius 1 is 1.50 bits per heavy atom. The Bertz CT molecular complexity index is 462. The zero-order valence-electron chi connectivity index (χ0n) is 10.7. The highest BCUT2D eigenvalue weighted by atomic mass is 32.2. The van der Waals surface area contributed by atoms with Gasteiger partial charge in [0.1, 0.15) is 0 Å². The van der Waals surface area contributed by atoms with E-state index in [0.717, 1.165) is 5.56 Å². The largest absolute Gasteiger partial charge is 0.351 e. The molecule has 1 atom stereocenters. The molecule has 0 aliphatic rings. The van der Waals surface area contributed by atoms with Gasteiger partial charge in [-0.3, -0.25) is 4.79 Å². The average molecular weight is 262 g/mol. The molecule has 0 heterocycles. The molecule has 0 aliphatic heterocycles. The fourth-order valence-corrected chi connectivity index (χ4v) is 1.60. The van der Waals surface area contributed by atoms with Crippen molar-refractivity contribution in [2.45, 2.75) is 12.2 Å². The lowest BCUT2D eigenvalue weighted by molar-refractivity contribution is 0.0954. The van der Waals surface area contributed by atoms with Crippen molar-refractivity contribution < 1.29 is 4.79 Å². The summed E-state index contributed by atoms with van der Waals surface area (Å²) in [6.45, 7) is 3.02. The second-order valence-electron chi connectivity index (χ2n) is 3.81. The monoisotopic (exact) mass is 262 g/mol. The summed E-state index contributed by atoms with van der Waals surface area (Å²) in [6.07, 6.45) is 2.03. The van der Waals surface area contributed by atoms with Gasteiger partial charge in [0, 0.05) is 17.4 Å². The lowest BCUT2D eigenvalue weighted by Crippen LogP contribution is -2.29. The van der Waals surface area contributed by atoms with Crippen molar-refractivity contribution in [2.75, 3.05) is 19.3 Å². The van der Waals surface area contributed by atoms with Crippen LogP contribution in [-0.2, 0) is 0 Å². The molecule has 0 saturated carbocycles. The summed E-state index contributed by atoms with van der Waals surface area (Å²) < 4.78 is 0. The normalized spacial score (nSPS) is 11.3. The summed E-state index contributed by atoms with van der Waals surface area (Å²) in [6, 6.07) is 7.30. The third-order valence-corrected chi connectivity index (χ3v) is 3.42. The molecule has 1 rings (SSSR count). The molecule has 0 aromatic heterocycles. The smallest absolute Gasteiger partial charge is 0.252 e. The van der Waals surface area contributed by atoms with Crippen LogP contribution >= 0.6 is 11.8 Å². The van der Waals surface area contributed by atoms with E-state index in [2.05, 4.69) is 24.1 Å². The predicted molar refractivity (Wildman–Crippen MR) is 77.7 cm³/mol. The highest BCUT2D eigenvalue weighted by Crippen LogP contribution is 2.08. The molecule has 0 saturated heterocycles. The number of nitrogens with two attached hydrogens (primary N) is 1. The lowest BCUT2D eigenvalue weighted by Gasteiger charge is -2.10. The van der Waals surface area contributed by atoms with Crippen LogP contribution in [0.5, 0.6) is 0 Å². The lowest BCUT2D eigenvalue weighted by atomic mass is 10.1. The summed E-state index contributed by atoms with van der Waals surface area (Å²) in [5, 5.41) is 3.31. The zero-order valence-corrected chi connectivity index (χ0v) is 11.5. The Balaban J connectivity index is 2.79. The number of amides is 1. The highest BCUT2D eigenvalue weighted by molar-refractivity contribution is 7.99. The van der Waals surface area contributed by atoms with Crippen molar-refractivity contribution in [1.29, 1.82) is 0 Å². The van der Waals surface area contributed by atoms with Crippen LogP contribution in [0, 0.1) is 11.8 Å². The first-order valence-corrected chi connectivity index (χ1v) is 7.06. The number of hydrogen-bond donors (Lipinski definition) is 2. The van der Waals surface area contributed by atoms with E-state index in [4.69, 9.17) is 5.73 Å². The number of carbonyl (C=O) groups is 1. The van der Waals surface area contributed by atoms with Gasteiger partial charge in [-0.15, -0.1) is 0 Å². The molecule has 0 radical (unpaired) electrons. The van der Waals surface area contributed by atoms with E-state index in [9.17, 15) is 4.79 Å². The van der Waals surface area contributed by atoms with Crippen LogP contribution in [0.1, 0.15) is 22.8 Å². The van der Waals surface area contributed by atoms with Crippen molar-refractivity contribution in [3.05, 3.63) is 35.4 Å². The molecule has 3 N–H and O–H groups in total. The molecule has 1 unspecified atom stereocenters. The summed E-state index contributed by atoms with van der Waals surface area (Å²) in [7, 11) is 0. The van der Waals surface area contributed by atoms with Gasteiger partial charge >= 0.3 is 0 Å². The van der Waals surface area contributed by atoms with E-state index in [0.29, 0.717) is 23.9 Å². The maximum atomic E-state index is 12.0. The van der Waals surface area contributed by atoms with Crippen molar-refractivity contribution in [3.63, 3.8) is 0 Å². The first-order chi connectivity index (χ1) is 8.69. The van der Waals surface area contributed by atoms with Crippen LogP contribution < -0.4 is 11.1 Å². The van der Waals surface area contributed by atoms with Gasteiger partial charge in [-0.05, 0) is 18.4 Å². The number of hydrogen-bond acceptors (Lipinski definition) is 3. The fourth-order valence-electron chi connectivity index (χ4n) is 1.35. The average Bonchev–Trinajstić information content (AvgIpc) is 2.42. The molecule has 1 aromatic rings. The van der Waals surface area contributed by atoms with Gasteiger partial charge < -0.3 is 11.1 Å². The molecule has 1 aromatic carbocycles. The number of rotatable bonds is 4. The highest BCUT2D eigenvalue weighted by Gasteiger charge is 2.10. The number of nitrogens with one attached hydrogen (secondary N) is 1. The Morgan fingerprint density at radius 2 is 2.22 bits per heavy atom. The first kappa shape index (κ1) is 14.6. The summed E-state index contributed by atoms with van der Waals surface area (Å²) in [4.78, 5) is 12.0. The van der Waals surface area contributed by atoms with Gasteiger partial charge in [-0.2, -0.15) is 11.8 Å². The maximum Gasteiger partial charge on any atom is 0.252 e. The minimum Gasteiger partial charge on any atom is -0.351 e. The van der Waals surface area contributed by atoms with Crippen LogP contribution in [0.2, 0.25) is 0 Å². The van der Waals surface area contributed by atoms with E-state index in [1.54, 1.807) is 17.8 Å². The van der Waals surface area contributed by atoms with Gasteiger partial charge in [-0.25, -0.2) is 0 Å². The molecule has 18 heavy (non-hydrogen) atoms. The Hall–Kier alpha value is -1.44. The number of thioether (sulfide) groups is 1. The van der Waals surface area contributed by atoms with Gasteiger partial charge in [-0.1, -0.05) is 30.9 Å². The molecule has 1 amide bonds. The zero-order chi connectivity index (χ0) is 13.4. The third kappa shape index (κ3) is 4.44. The van der Waals surface area contributed by atoms with Crippen molar-refractivity contribution in [1.82, 2.24) is 5.32 Å². The van der Waals surface area contributed by atoms with Crippen LogP contribution in [0.25, 0.3) is 0 Å². The molecule has 96 valence electrons. The van der Waals surface area contributed by atoms with E-state index in [1.165, 1.54) is 0 Å². The summed E-state index contributed by atoms with van der Waals surface area (Å²) in [5.41, 5.74) is 6.67.